The standard InChI is InChI=1S/C10H14N4/c1-8(2)7-13-10-12-6-5-9(3)14(10)11-4/h5-6H,1,4,7H2,2-3H3. The van der Waals surface area contributed by atoms with Gasteiger partial charge in [-0.25, -0.2) is 14.7 Å². The number of rotatable bonds is 3. The van der Waals surface area contributed by atoms with E-state index in [1.807, 2.05) is 19.9 Å². The van der Waals surface area contributed by atoms with Gasteiger partial charge in [0, 0.05) is 18.6 Å². The molecule has 0 fully saturated rings. The van der Waals surface area contributed by atoms with E-state index in [1.165, 1.54) is 0 Å². The predicted molar refractivity (Wildman–Crippen MR) is 57.2 cm³/mol. The molecule has 0 amide bonds. The maximum atomic E-state index is 4.26. The molecular weight excluding hydrogens is 176 g/mol. The highest BCUT2D eigenvalue weighted by molar-refractivity contribution is 5.23. The van der Waals surface area contributed by atoms with Gasteiger partial charge in [0.05, 0.1) is 6.54 Å². The molecule has 0 radical (unpaired) electrons. The Kier molecular flexibility index (Phi) is 3.34. The van der Waals surface area contributed by atoms with E-state index in [0.29, 0.717) is 12.2 Å². The maximum Gasteiger partial charge on any atom is 0.246 e. The van der Waals surface area contributed by atoms with Crippen LogP contribution in [0, 0.1) is 6.92 Å². The van der Waals surface area contributed by atoms with Crippen LogP contribution in [0.1, 0.15) is 12.6 Å². The van der Waals surface area contributed by atoms with Crippen LogP contribution in [-0.2, 0) is 0 Å². The van der Waals surface area contributed by atoms with Crippen molar-refractivity contribution in [3.63, 3.8) is 0 Å². The van der Waals surface area contributed by atoms with Crippen LogP contribution in [-0.4, -0.2) is 22.9 Å². The van der Waals surface area contributed by atoms with Crippen LogP contribution in [0.5, 0.6) is 0 Å². The van der Waals surface area contributed by atoms with Gasteiger partial charge in [-0.05, 0) is 19.9 Å². The van der Waals surface area contributed by atoms with Gasteiger partial charge < -0.3 is 0 Å². The van der Waals surface area contributed by atoms with E-state index < -0.39 is 0 Å². The molecule has 1 aromatic rings. The summed E-state index contributed by atoms with van der Waals surface area (Å²) in [7, 11) is 0. The van der Waals surface area contributed by atoms with Crippen molar-refractivity contribution >= 4 is 6.72 Å². The van der Waals surface area contributed by atoms with Crippen LogP contribution >= 0.6 is 0 Å². The Morgan fingerprint density at radius 2 is 2.36 bits per heavy atom. The van der Waals surface area contributed by atoms with Crippen LogP contribution in [0.3, 0.4) is 0 Å². The summed E-state index contributed by atoms with van der Waals surface area (Å²) in [5, 5.41) is 3.83. The van der Waals surface area contributed by atoms with Crippen molar-refractivity contribution in [2.75, 3.05) is 6.54 Å². The van der Waals surface area contributed by atoms with Gasteiger partial charge >= 0.3 is 0 Å². The van der Waals surface area contributed by atoms with E-state index in [0.717, 1.165) is 11.3 Å². The molecule has 14 heavy (non-hydrogen) atoms. The van der Waals surface area contributed by atoms with Crippen molar-refractivity contribution in [2.45, 2.75) is 13.8 Å². The minimum atomic E-state index is 0.558. The molecule has 1 rings (SSSR count). The average Bonchev–Trinajstić information content (AvgIpc) is 2.14. The third-order valence-electron chi connectivity index (χ3n) is 1.66. The molecule has 0 unspecified atom stereocenters. The summed E-state index contributed by atoms with van der Waals surface area (Å²) < 4.78 is 1.60. The van der Waals surface area contributed by atoms with Gasteiger partial charge in [-0.2, -0.15) is 5.10 Å². The molecule has 0 atom stereocenters. The zero-order chi connectivity index (χ0) is 10.6. The maximum absolute atomic E-state index is 4.26. The SMILES string of the molecule is C=Nn1c(C)ccnc1=NCC(=C)C. The number of hydrogen-bond acceptors (Lipinski definition) is 3. The van der Waals surface area contributed by atoms with Gasteiger partial charge in [0.25, 0.3) is 0 Å². The van der Waals surface area contributed by atoms with Crippen LogP contribution in [0.15, 0.2) is 34.5 Å². The molecule has 4 heteroatoms. The van der Waals surface area contributed by atoms with Crippen molar-refractivity contribution in [1.29, 1.82) is 0 Å². The van der Waals surface area contributed by atoms with Gasteiger partial charge in [0.2, 0.25) is 5.62 Å². The van der Waals surface area contributed by atoms with Gasteiger partial charge in [0.15, 0.2) is 0 Å². The lowest BCUT2D eigenvalue weighted by Gasteiger charge is -2.02. The van der Waals surface area contributed by atoms with Crippen LogP contribution in [0.25, 0.3) is 0 Å². The first-order chi connectivity index (χ1) is 6.65. The van der Waals surface area contributed by atoms with Crippen molar-refractivity contribution in [2.24, 2.45) is 10.1 Å². The lowest BCUT2D eigenvalue weighted by atomic mass is 10.4. The highest BCUT2D eigenvalue weighted by atomic mass is 15.4. The van der Waals surface area contributed by atoms with E-state index in [2.05, 4.69) is 28.4 Å². The molecule has 1 heterocycles. The topological polar surface area (TPSA) is 42.5 Å². The van der Waals surface area contributed by atoms with E-state index in [1.54, 1.807) is 10.9 Å². The lowest BCUT2D eigenvalue weighted by Crippen LogP contribution is -2.23. The summed E-state index contributed by atoms with van der Waals surface area (Å²) in [6.07, 6.45) is 1.70. The van der Waals surface area contributed by atoms with Crippen LogP contribution in [0.2, 0.25) is 0 Å². The molecule has 0 aliphatic carbocycles. The van der Waals surface area contributed by atoms with Crippen molar-refractivity contribution in [3.05, 3.63) is 35.7 Å². The van der Waals surface area contributed by atoms with Crippen molar-refractivity contribution in [1.82, 2.24) is 9.66 Å². The Bertz CT molecular complexity index is 414. The van der Waals surface area contributed by atoms with Gasteiger partial charge in [-0.15, -0.1) is 0 Å². The predicted octanol–water partition coefficient (Wildman–Crippen LogP) is 1.13. The first kappa shape index (κ1) is 10.4. The Morgan fingerprint density at radius 1 is 1.64 bits per heavy atom. The summed E-state index contributed by atoms with van der Waals surface area (Å²) in [6.45, 7) is 11.7. The normalized spacial score (nSPS) is 11.4. The lowest BCUT2D eigenvalue weighted by molar-refractivity contribution is 0.720. The monoisotopic (exact) mass is 190 g/mol. The summed E-state index contributed by atoms with van der Waals surface area (Å²) in [5.74, 6) is 0. The third kappa shape index (κ3) is 2.39. The Hall–Kier alpha value is -1.71. The quantitative estimate of drug-likeness (QED) is 0.520. The zero-order valence-electron chi connectivity index (χ0n) is 8.56. The Morgan fingerprint density at radius 3 is 2.93 bits per heavy atom. The molecule has 1 aromatic heterocycles. The molecule has 4 nitrogen and oxygen atoms in total. The summed E-state index contributed by atoms with van der Waals surface area (Å²) in [4.78, 5) is 8.36. The van der Waals surface area contributed by atoms with E-state index in [9.17, 15) is 0 Å². The van der Waals surface area contributed by atoms with Crippen LogP contribution < -0.4 is 5.62 Å². The van der Waals surface area contributed by atoms with Gasteiger partial charge in [-0.3, -0.25) is 0 Å². The van der Waals surface area contributed by atoms with E-state index in [-0.39, 0.29) is 0 Å². The van der Waals surface area contributed by atoms with Crippen molar-refractivity contribution < 1.29 is 0 Å². The molecule has 0 saturated carbocycles. The molecule has 0 N–H and O–H groups in total. The Labute approximate surface area is 83.3 Å². The first-order valence-electron chi connectivity index (χ1n) is 4.31. The molecular formula is C10H14N4. The highest BCUT2D eigenvalue weighted by Crippen LogP contribution is 1.90. The molecule has 0 aromatic carbocycles. The second-order valence-corrected chi connectivity index (χ2v) is 3.11. The smallest absolute Gasteiger partial charge is 0.245 e. The number of aromatic nitrogens is 2. The Balaban J connectivity index is 3.19. The summed E-state index contributed by atoms with van der Waals surface area (Å²) in [5.41, 5.74) is 2.50. The molecule has 0 spiro atoms. The van der Waals surface area contributed by atoms with Gasteiger partial charge in [-0.1, -0.05) is 12.2 Å². The van der Waals surface area contributed by atoms with E-state index >= 15 is 0 Å². The van der Waals surface area contributed by atoms with Crippen LogP contribution in [0.4, 0.5) is 0 Å². The fourth-order valence-electron chi connectivity index (χ4n) is 0.983. The first-order valence-corrected chi connectivity index (χ1v) is 4.31. The largest absolute Gasteiger partial charge is 0.246 e. The number of aryl methyl sites for hydroxylation is 1. The highest BCUT2D eigenvalue weighted by Gasteiger charge is 1.94. The molecule has 0 bridgehead atoms. The fraction of sp³-hybridized carbons (Fsp3) is 0.300. The second kappa shape index (κ2) is 4.50. The zero-order valence-corrected chi connectivity index (χ0v) is 8.56. The fourth-order valence-corrected chi connectivity index (χ4v) is 0.983. The third-order valence-corrected chi connectivity index (χ3v) is 1.66. The minimum absolute atomic E-state index is 0.558. The average molecular weight is 190 g/mol. The number of hydrogen-bond donors (Lipinski definition) is 0. The molecule has 74 valence electrons. The second-order valence-electron chi connectivity index (χ2n) is 3.11. The van der Waals surface area contributed by atoms with Crippen molar-refractivity contribution in [3.8, 4) is 0 Å². The summed E-state index contributed by atoms with van der Waals surface area (Å²) in [6, 6.07) is 1.86. The molecule has 0 saturated heterocycles. The van der Waals surface area contributed by atoms with E-state index in [4.69, 9.17) is 0 Å². The number of nitrogens with zero attached hydrogens (tertiary/aromatic N) is 4. The minimum Gasteiger partial charge on any atom is -0.245 e. The summed E-state index contributed by atoms with van der Waals surface area (Å²) >= 11 is 0. The molecule has 0 aliphatic rings. The molecule has 0 aliphatic heterocycles. The van der Waals surface area contributed by atoms with Gasteiger partial charge in [0.1, 0.15) is 0 Å².